The summed E-state index contributed by atoms with van der Waals surface area (Å²) in [6.07, 6.45) is 62.2. The van der Waals surface area contributed by atoms with Gasteiger partial charge in [0.05, 0.1) is 0 Å². The van der Waals surface area contributed by atoms with Crippen molar-refractivity contribution in [2.45, 2.75) is 316 Å². The highest BCUT2D eigenvalue weighted by Crippen LogP contribution is 2.17. The summed E-state index contributed by atoms with van der Waals surface area (Å²) < 4.78 is 16.7. The quantitative estimate of drug-likeness (QED) is 0.0262. The summed E-state index contributed by atoms with van der Waals surface area (Å²) in [5.41, 5.74) is 0. The minimum Gasteiger partial charge on any atom is -0.462 e. The number of esters is 3. The highest BCUT2D eigenvalue weighted by Gasteiger charge is 2.19. The fourth-order valence-electron chi connectivity index (χ4n) is 8.42. The van der Waals surface area contributed by atoms with Gasteiger partial charge in [-0.05, 0) is 51.4 Å². The molecular weight excluding hydrogens is 793 g/mol. The van der Waals surface area contributed by atoms with Gasteiger partial charge in [-0.2, -0.15) is 0 Å². The molecule has 6 heteroatoms. The molecule has 0 fully saturated rings. The number of ether oxygens (including phenoxy) is 3. The van der Waals surface area contributed by atoms with E-state index in [1.165, 1.54) is 193 Å². The molecule has 0 saturated heterocycles. The fraction of sp³-hybridized carbons (Fsp3) is 0.879. The molecule has 64 heavy (non-hydrogen) atoms. The Labute approximate surface area is 398 Å². The number of hydrogen-bond acceptors (Lipinski definition) is 6. The van der Waals surface area contributed by atoms with E-state index in [2.05, 4.69) is 45.1 Å². The highest BCUT2D eigenvalue weighted by molar-refractivity contribution is 5.71. The van der Waals surface area contributed by atoms with Gasteiger partial charge in [-0.3, -0.25) is 14.4 Å². The van der Waals surface area contributed by atoms with Gasteiger partial charge in [0.1, 0.15) is 13.2 Å². The van der Waals surface area contributed by atoms with Gasteiger partial charge in [0.15, 0.2) is 6.10 Å². The maximum Gasteiger partial charge on any atom is 0.306 e. The van der Waals surface area contributed by atoms with E-state index in [0.29, 0.717) is 19.3 Å². The van der Waals surface area contributed by atoms with Gasteiger partial charge in [0, 0.05) is 19.3 Å². The van der Waals surface area contributed by atoms with Crippen LogP contribution < -0.4 is 0 Å². The molecule has 0 aromatic heterocycles. The molecule has 0 radical (unpaired) electrons. The first-order valence-electron chi connectivity index (χ1n) is 28.3. The Kier molecular flexibility index (Phi) is 51.7. The van der Waals surface area contributed by atoms with E-state index in [1.807, 2.05) is 0 Å². The second-order valence-electron chi connectivity index (χ2n) is 19.2. The summed E-state index contributed by atoms with van der Waals surface area (Å²) in [6, 6.07) is 0. The molecule has 6 nitrogen and oxygen atoms in total. The first-order valence-corrected chi connectivity index (χ1v) is 28.3. The molecule has 376 valence electrons. The van der Waals surface area contributed by atoms with Crippen LogP contribution in [0.25, 0.3) is 0 Å². The number of hydrogen-bond donors (Lipinski definition) is 0. The van der Waals surface area contributed by atoms with Crippen molar-refractivity contribution in [1.82, 2.24) is 0 Å². The Morgan fingerprint density at radius 3 is 0.875 bits per heavy atom. The Bertz CT molecular complexity index is 1040. The van der Waals surface area contributed by atoms with Crippen molar-refractivity contribution in [1.29, 1.82) is 0 Å². The fourth-order valence-corrected chi connectivity index (χ4v) is 8.42. The molecule has 0 aliphatic carbocycles. The van der Waals surface area contributed by atoms with Gasteiger partial charge in [0.2, 0.25) is 0 Å². The second kappa shape index (κ2) is 53.5. The van der Waals surface area contributed by atoms with Crippen LogP contribution in [-0.4, -0.2) is 37.2 Å². The zero-order chi connectivity index (χ0) is 46.5. The normalized spacial score (nSPS) is 12.1. The predicted molar refractivity (Wildman–Crippen MR) is 275 cm³/mol. The van der Waals surface area contributed by atoms with Crippen molar-refractivity contribution in [3.63, 3.8) is 0 Å². The maximum absolute atomic E-state index is 12.8. The molecule has 0 spiro atoms. The number of carbonyl (C=O) groups excluding carboxylic acids is 3. The van der Waals surface area contributed by atoms with Crippen LogP contribution in [0, 0.1) is 0 Å². The van der Waals surface area contributed by atoms with Crippen LogP contribution in [0.4, 0.5) is 0 Å². The third-order valence-electron chi connectivity index (χ3n) is 12.7. The van der Waals surface area contributed by atoms with Crippen LogP contribution in [0.1, 0.15) is 310 Å². The Morgan fingerprint density at radius 1 is 0.312 bits per heavy atom. The molecule has 0 aliphatic rings. The van der Waals surface area contributed by atoms with Crippen LogP contribution in [0.15, 0.2) is 24.3 Å². The highest BCUT2D eigenvalue weighted by atomic mass is 16.6. The Hall–Kier alpha value is -2.11. The maximum atomic E-state index is 12.8. The molecule has 0 heterocycles. The summed E-state index contributed by atoms with van der Waals surface area (Å²) in [4.78, 5) is 37.8. The van der Waals surface area contributed by atoms with Crippen molar-refractivity contribution < 1.29 is 28.6 Å². The minimum absolute atomic E-state index is 0.0707. The lowest BCUT2D eigenvalue weighted by molar-refractivity contribution is -0.167. The zero-order valence-corrected chi connectivity index (χ0v) is 43.1. The largest absolute Gasteiger partial charge is 0.462 e. The van der Waals surface area contributed by atoms with Crippen molar-refractivity contribution in [2.75, 3.05) is 13.2 Å². The van der Waals surface area contributed by atoms with E-state index in [4.69, 9.17) is 14.2 Å². The smallest absolute Gasteiger partial charge is 0.306 e. The lowest BCUT2D eigenvalue weighted by atomic mass is 10.0. The predicted octanol–water partition coefficient (Wildman–Crippen LogP) is 18.7. The second-order valence-corrected chi connectivity index (χ2v) is 19.2. The van der Waals surface area contributed by atoms with Crippen LogP contribution in [0.2, 0.25) is 0 Å². The van der Waals surface area contributed by atoms with E-state index in [0.717, 1.165) is 77.0 Å². The van der Waals surface area contributed by atoms with Gasteiger partial charge in [0.25, 0.3) is 0 Å². The zero-order valence-electron chi connectivity index (χ0n) is 43.1. The van der Waals surface area contributed by atoms with Gasteiger partial charge in [-0.1, -0.05) is 263 Å². The van der Waals surface area contributed by atoms with Gasteiger partial charge in [-0.25, -0.2) is 0 Å². The van der Waals surface area contributed by atoms with Gasteiger partial charge < -0.3 is 14.2 Å². The van der Waals surface area contributed by atoms with E-state index >= 15 is 0 Å². The molecule has 1 atom stereocenters. The van der Waals surface area contributed by atoms with Crippen LogP contribution in [0.3, 0.4) is 0 Å². The molecule has 1 unspecified atom stereocenters. The van der Waals surface area contributed by atoms with Crippen molar-refractivity contribution in [2.24, 2.45) is 0 Å². The molecule has 0 aromatic rings. The average molecular weight is 901 g/mol. The molecule has 0 bridgehead atoms. The molecule has 0 saturated carbocycles. The first kappa shape index (κ1) is 61.9. The van der Waals surface area contributed by atoms with E-state index in [1.54, 1.807) is 0 Å². The van der Waals surface area contributed by atoms with Crippen molar-refractivity contribution in [3.05, 3.63) is 24.3 Å². The lowest BCUT2D eigenvalue weighted by Crippen LogP contribution is -2.30. The topological polar surface area (TPSA) is 78.9 Å². The van der Waals surface area contributed by atoms with Crippen LogP contribution >= 0.6 is 0 Å². The summed E-state index contributed by atoms with van der Waals surface area (Å²) >= 11 is 0. The minimum atomic E-state index is -0.768. The monoisotopic (exact) mass is 901 g/mol. The Balaban J connectivity index is 4.05. The average Bonchev–Trinajstić information content (AvgIpc) is 3.29. The van der Waals surface area contributed by atoms with Crippen molar-refractivity contribution in [3.8, 4) is 0 Å². The third-order valence-corrected chi connectivity index (χ3v) is 12.7. The van der Waals surface area contributed by atoms with Crippen LogP contribution in [0.5, 0.6) is 0 Å². The van der Waals surface area contributed by atoms with Crippen molar-refractivity contribution >= 4 is 17.9 Å². The standard InChI is InChI=1S/C58H108O6/c1-4-7-10-13-15-17-19-21-23-25-27-28-29-30-31-33-34-36-38-40-42-45-48-51-57(60)63-54-55(53-62-56(59)50-47-44-12-9-6-3)64-58(61)52-49-46-43-41-39-37-35-32-26-24-22-20-18-16-14-11-8-5-2/h18,20,24,26,55H,4-17,19,21-23,25,27-54H2,1-3H3/b20-18-,26-24-. The Morgan fingerprint density at radius 2 is 0.562 bits per heavy atom. The number of carbonyl (C=O) groups is 3. The molecule has 0 rings (SSSR count). The van der Waals surface area contributed by atoms with Gasteiger partial charge in [-0.15, -0.1) is 0 Å². The summed E-state index contributed by atoms with van der Waals surface area (Å²) in [6.45, 7) is 6.58. The molecule has 0 aromatic carbocycles. The number of rotatable bonds is 52. The number of unbranched alkanes of at least 4 members (excludes halogenated alkanes) is 37. The van der Waals surface area contributed by atoms with Crippen LogP contribution in [-0.2, 0) is 28.6 Å². The van der Waals surface area contributed by atoms with E-state index in [-0.39, 0.29) is 31.1 Å². The summed E-state index contributed by atoms with van der Waals surface area (Å²) in [7, 11) is 0. The van der Waals surface area contributed by atoms with E-state index < -0.39 is 6.10 Å². The molecule has 0 amide bonds. The first-order chi connectivity index (χ1) is 31.5. The van der Waals surface area contributed by atoms with Gasteiger partial charge >= 0.3 is 17.9 Å². The van der Waals surface area contributed by atoms with E-state index in [9.17, 15) is 14.4 Å². The molecular formula is C58H108O6. The lowest BCUT2D eigenvalue weighted by Gasteiger charge is -2.18. The third kappa shape index (κ3) is 50.9. The summed E-state index contributed by atoms with van der Waals surface area (Å²) in [5.74, 6) is -0.876. The molecule has 0 aliphatic heterocycles. The summed E-state index contributed by atoms with van der Waals surface area (Å²) in [5, 5.41) is 0. The molecule has 0 N–H and O–H groups in total. The number of allylic oxidation sites excluding steroid dienone is 4. The SMILES string of the molecule is CCCCCC/C=C\C/C=C\CCCCCCCCCC(=O)OC(COC(=O)CCCCCCC)COC(=O)CCCCCCCCCCCCCCCCCCCCCCCCC.